The van der Waals surface area contributed by atoms with E-state index in [0.29, 0.717) is 12.1 Å². The Morgan fingerprint density at radius 3 is 3.06 bits per heavy atom. The minimum Gasteiger partial charge on any atom is -0.377 e. The summed E-state index contributed by atoms with van der Waals surface area (Å²) in [5.74, 6) is 0.958. The molecule has 2 atom stereocenters. The van der Waals surface area contributed by atoms with Crippen LogP contribution in [0.5, 0.6) is 0 Å². The van der Waals surface area contributed by atoms with Gasteiger partial charge in [-0.1, -0.05) is 0 Å². The highest BCUT2D eigenvalue weighted by molar-refractivity contribution is 5.37. The van der Waals surface area contributed by atoms with Gasteiger partial charge in [-0.25, -0.2) is 4.98 Å². The topological polar surface area (TPSA) is 37.4 Å². The lowest BCUT2D eigenvalue weighted by Crippen LogP contribution is -2.36. The molecule has 0 bridgehead atoms. The van der Waals surface area contributed by atoms with Gasteiger partial charge in [0.05, 0.1) is 6.10 Å². The maximum Gasteiger partial charge on any atom is 0.126 e. The minimum atomic E-state index is 0.338. The first-order chi connectivity index (χ1) is 8.70. The van der Waals surface area contributed by atoms with Crippen LogP contribution < -0.4 is 5.32 Å². The Kier molecular flexibility index (Phi) is 4.55. The lowest BCUT2D eigenvalue weighted by molar-refractivity contribution is 0.0814. The van der Waals surface area contributed by atoms with Crippen LogP contribution in [0.15, 0.2) is 18.3 Å². The van der Waals surface area contributed by atoms with Gasteiger partial charge < -0.3 is 10.1 Å². The Morgan fingerprint density at radius 1 is 1.56 bits per heavy atom. The Balaban J connectivity index is 1.97. The second-order valence-corrected chi connectivity index (χ2v) is 4.93. The molecular formula is C14H23N3O. The zero-order chi connectivity index (χ0) is 13.0. The van der Waals surface area contributed by atoms with Crippen molar-refractivity contribution in [2.75, 3.05) is 25.5 Å². The fourth-order valence-corrected chi connectivity index (χ4v) is 2.55. The lowest BCUT2D eigenvalue weighted by atomic mass is 10.1. The molecule has 1 aliphatic heterocycles. The monoisotopic (exact) mass is 249 g/mol. The third-order valence-electron chi connectivity index (χ3n) is 3.52. The van der Waals surface area contributed by atoms with E-state index in [2.05, 4.69) is 48.2 Å². The summed E-state index contributed by atoms with van der Waals surface area (Å²) in [7, 11) is 2.17. The highest BCUT2D eigenvalue weighted by Crippen LogP contribution is 2.20. The molecule has 0 aromatic carbocycles. The van der Waals surface area contributed by atoms with Crippen molar-refractivity contribution < 1.29 is 4.74 Å². The largest absolute Gasteiger partial charge is 0.377 e. The number of ether oxygens (including phenoxy) is 1. The van der Waals surface area contributed by atoms with Crippen LogP contribution in [0.3, 0.4) is 0 Å². The highest BCUT2D eigenvalue weighted by Gasteiger charge is 2.27. The maximum absolute atomic E-state index is 5.62. The van der Waals surface area contributed by atoms with E-state index in [4.69, 9.17) is 4.74 Å². The Morgan fingerprint density at radius 2 is 2.39 bits per heavy atom. The van der Waals surface area contributed by atoms with Gasteiger partial charge in [-0.3, -0.25) is 4.90 Å². The molecule has 1 fully saturated rings. The number of hydrogen-bond acceptors (Lipinski definition) is 4. The molecule has 2 unspecified atom stereocenters. The summed E-state index contributed by atoms with van der Waals surface area (Å²) >= 11 is 0. The smallest absolute Gasteiger partial charge is 0.126 e. The molecular weight excluding hydrogens is 226 g/mol. The third kappa shape index (κ3) is 3.21. The van der Waals surface area contributed by atoms with Crippen molar-refractivity contribution in [1.82, 2.24) is 9.88 Å². The summed E-state index contributed by atoms with van der Waals surface area (Å²) in [6, 6.07) is 4.74. The molecule has 100 valence electrons. The Hall–Kier alpha value is -1.13. The van der Waals surface area contributed by atoms with Crippen molar-refractivity contribution in [3.8, 4) is 0 Å². The summed E-state index contributed by atoms with van der Waals surface area (Å²) in [6.45, 7) is 6.97. The van der Waals surface area contributed by atoms with Gasteiger partial charge in [-0.05, 0) is 45.0 Å². The van der Waals surface area contributed by atoms with E-state index in [9.17, 15) is 0 Å². The summed E-state index contributed by atoms with van der Waals surface area (Å²) < 4.78 is 5.62. The van der Waals surface area contributed by atoms with Crippen LogP contribution >= 0.6 is 0 Å². The molecule has 18 heavy (non-hydrogen) atoms. The molecule has 2 heterocycles. The average Bonchev–Trinajstić information content (AvgIpc) is 2.76. The maximum atomic E-state index is 5.62. The molecule has 2 rings (SSSR count). The zero-order valence-corrected chi connectivity index (χ0v) is 11.5. The fourth-order valence-electron chi connectivity index (χ4n) is 2.55. The molecule has 0 aliphatic carbocycles. The fraction of sp³-hybridized carbons (Fsp3) is 0.643. The number of anilines is 1. The van der Waals surface area contributed by atoms with Crippen LogP contribution in [-0.4, -0.2) is 42.2 Å². The average molecular weight is 249 g/mol. The van der Waals surface area contributed by atoms with Crippen molar-refractivity contribution in [3.63, 3.8) is 0 Å². The molecule has 1 N–H and O–H groups in total. The Bertz CT molecular complexity index is 383. The van der Waals surface area contributed by atoms with E-state index in [-0.39, 0.29) is 0 Å². The first kappa shape index (κ1) is 13.3. The molecule has 1 saturated heterocycles. The number of rotatable bonds is 5. The predicted octanol–water partition coefficient (Wildman–Crippen LogP) is 2.12. The van der Waals surface area contributed by atoms with Gasteiger partial charge in [0.25, 0.3) is 0 Å². The Labute approximate surface area is 109 Å². The van der Waals surface area contributed by atoms with E-state index in [1.54, 1.807) is 0 Å². The van der Waals surface area contributed by atoms with Crippen molar-refractivity contribution in [3.05, 3.63) is 23.9 Å². The molecule has 0 saturated carbocycles. The van der Waals surface area contributed by atoms with Crippen molar-refractivity contribution in [2.45, 2.75) is 39.0 Å². The van der Waals surface area contributed by atoms with E-state index in [0.717, 1.165) is 31.9 Å². The number of hydrogen-bond donors (Lipinski definition) is 1. The number of nitrogens with zero attached hydrogens (tertiary/aromatic N) is 2. The van der Waals surface area contributed by atoms with Crippen LogP contribution in [-0.2, 0) is 11.3 Å². The van der Waals surface area contributed by atoms with Gasteiger partial charge in [0.1, 0.15) is 5.82 Å². The van der Waals surface area contributed by atoms with Crippen LogP contribution in [0.2, 0.25) is 0 Å². The van der Waals surface area contributed by atoms with Crippen LogP contribution in [0.4, 0.5) is 5.82 Å². The van der Waals surface area contributed by atoms with Gasteiger partial charge in [-0.2, -0.15) is 0 Å². The predicted molar refractivity (Wildman–Crippen MR) is 73.7 cm³/mol. The van der Waals surface area contributed by atoms with Crippen molar-refractivity contribution >= 4 is 5.82 Å². The van der Waals surface area contributed by atoms with Gasteiger partial charge in [0.2, 0.25) is 0 Å². The standard InChI is InChI=1S/C14H23N3O/c1-4-15-14-9-12(5-7-16-14)10-17(3)13-6-8-18-11(13)2/h5,7,9,11,13H,4,6,8,10H2,1-3H3,(H,15,16). The molecule has 4 heteroatoms. The number of likely N-dealkylation sites (N-methyl/N-ethyl adjacent to an activating group) is 1. The molecule has 0 radical (unpaired) electrons. The van der Waals surface area contributed by atoms with Crippen LogP contribution in [0.1, 0.15) is 25.8 Å². The SMILES string of the molecule is CCNc1cc(CN(C)C2CCOC2C)ccn1. The summed E-state index contributed by atoms with van der Waals surface area (Å²) in [5, 5.41) is 3.25. The summed E-state index contributed by atoms with van der Waals surface area (Å²) in [4.78, 5) is 6.67. The second-order valence-electron chi connectivity index (χ2n) is 4.93. The molecule has 0 spiro atoms. The number of pyridine rings is 1. The first-order valence-corrected chi connectivity index (χ1v) is 6.71. The lowest BCUT2D eigenvalue weighted by Gasteiger charge is -2.26. The summed E-state index contributed by atoms with van der Waals surface area (Å²) in [5.41, 5.74) is 1.29. The van der Waals surface area contributed by atoms with Crippen LogP contribution in [0, 0.1) is 0 Å². The minimum absolute atomic E-state index is 0.338. The summed E-state index contributed by atoms with van der Waals surface area (Å²) in [6.07, 6.45) is 3.34. The number of nitrogens with one attached hydrogen (secondary N) is 1. The van der Waals surface area contributed by atoms with Gasteiger partial charge in [0.15, 0.2) is 0 Å². The first-order valence-electron chi connectivity index (χ1n) is 6.71. The molecule has 1 aromatic heterocycles. The van der Waals surface area contributed by atoms with E-state index < -0.39 is 0 Å². The van der Waals surface area contributed by atoms with Crippen molar-refractivity contribution in [2.24, 2.45) is 0 Å². The van der Waals surface area contributed by atoms with E-state index in [1.807, 2.05) is 6.20 Å². The number of aromatic nitrogens is 1. The van der Waals surface area contributed by atoms with Gasteiger partial charge >= 0.3 is 0 Å². The zero-order valence-electron chi connectivity index (χ0n) is 11.5. The van der Waals surface area contributed by atoms with Gasteiger partial charge in [0, 0.05) is 31.9 Å². The van der Waals surface area contributed by atoms with Crippen molar-refractivity contribution in [1.29, 1.82) is 0 Å². The molecule has 4 nitrogen and oxygen atoms in total. The normalized spacial score (nSPS) is 23.6. The van der Waals surface area contributed by atoms with E-state index >= 15 is 0 Å². The third-order valence-corrected chi connectivity index (χ3v) is 3.52. The van der Waals surface area contributed by atoms with Crippen LogP contribution in [0.25, 0.3) is 0 Å². The molecule has 1 aromatic rings. The van der Waals surface area contributed by atoms with Gasteiger partial charge in [-0.15, -0.1) is 0 Å². The molecule has 0 amide bonds. The molecule has 1 aliphatic rings. The second kappa shape index (κ2) is 6.16. The highest BCUT2D eigenvalue weighted by atomic mass is 16.5. The quantitative estimate of drug-likeness (QED) is 0.867. The van der Waals surface area contributed by atoms with E-state index in [1.165, 1.54) is 5.56 Å².